The van der Waals surface area contributed by atoms with Crippen LogP contribution in [0.4, 0.5) is 0 Å². The third-order valence-electron chi connectivity index (χ3n) is 3.21. The number of carbonyl (C=O) groups excluding carboxylic acids is 1. The van der Waals surface area contributed by atoms with Crippen LogP contribution in [-0.4, -0.2) is 32.2 Å². The van der Waals surface area contributed by atoms with Gasteiger partial charge in [0, 0.05) is 19.7 Å². The second-order valence-corrected chi connectivity index (χ2v) is 4.92. The van der Waals surface area contributed by atoms with Gasteiger partial charge in [0.2, 0.25) is 5.91 Å². The third-order valence-corrected chi connectivity index (χ3v) is 3.21. The quantitative estimate of drug-likeness (QED) is 0.605. The predicted octanol–water partition coefficient (Wildman–Crippen LogP) is 1.54. The number of carbonyl (C=O) groups is 1. The number of nitrogens with two attached hydrogens (primary N) is 1. The van der Waals surface area contributed by atoms with E-state index in [9.17, 15) is 4.79 Å². The van der Waals surface area contributed by atoms with Gasteiger partial charge in [-0.1, -0.05) is 27.7 Å². The second-order valence-electron chi connectivity index (χ2n) is 4.92. The Bertz CT molecular complexity index is 205. The molecule has 4 heteroatoms. The molecule has 0 heterocycles. The van der Waals surface area contributed by atoms with Gasteiger partial charge in [-0.2, -0.15) is 0 Å². The zero-order valence-electron chi connectivity index (χ0n) is 11.7. The van der Waals surface area contributed by atoms with Gasteiger partial charge in [-0.25, -0.2) is 0 Å². The third kappa shape index (κ3) is 5.50. The Morgan fingerprint density at radius 3 is 2.35 bits per heavy atom. The van der Waals surface area contributed by atoms with Crippen molar-refractivity contribution in [2.75, 3.05) is 26.3 Å². The Hall–Kier alpha value is -0.610. The first-order valence-electron chi connectivity index (χ1n) is 6.58. The Kier molecular flexibility index (Phi) is 8.17. The maximum atomic E-state index is 12.0. The van der Waals surface area contributed by atoms with Gasteiger partial charge < -0.3 is 15.8 Å². The van der Waals surface area contributed by atoms with Crippen LogP contribution in [0.5, 0.6) is 0 Å². The lowest BCUT2D eigenvalue weighted by Gasteiger charge is -2.28. The van der Waals surface area contributed by atoms with Crippen LogP contribution in [0.2, 0.25) is 0 Å². The van der Waals surface area contributed by atoms with E-state index in [1.54, 1.807) is 0 Å². The van der Waals surface area contributed by atoms with E-state index in [1.807, 2.05) is 13.8 Å². The standard InChI is InChI=1S/C13H28N2O2/c1-5-13(6-2,10-14)12(16)15-7-8-17-9-11(3)4/h11H,5-10,14H2,1-4H3,(H,15,16). The van der Waals surface area contributed by atoms with Crippen LogP contribution in [0.15, 0.2) is 0 Å². The molecule has 3 N–H and O–H groups in total. The van der Waals surface area contributed by atoms with Gasteiger partial charge in [-0.3, -0.25) is 4.79 Å². The lowest BCUT2D eigenvalue weighted by Crippen LogP contribution is -2.46. The highest BCUT2D eigenvalue weighted by Gasteiger charge is 2.32. The van der Waals surface area contributed by atoms with E-state index in [4.69, 9.17) is 10.5 Å². The van der Waals surface area contributed by atoms with Gasteiger partial charge in [-0.15, -0.1) is 0 Å². The molecule has 0 spiro atoms. The molecule has 0 saturated carbocycles. The van der Waals surface area contributed by atoms with Crippen LogP contribution in [0.3, 0.4) is 0 Å². The summed E-state index contributed by atoms with van der Waals surface area (Å²) in [4.78, 5) is 12.0. The molecule has 102 valence electrons. The smallest absolute Gasteiger partial charge is 0.227 e. The minimum absolute atomic E-state index is 0.0538. The molecule has 0 aliphatic carbocycles. The minimum atomic E-state index is -0.405. The fraction of sp³-hybridized carbons (Fsp3) is 0.923. The summed E-state index contributed by atoms with van der Waals surface area (Å²) in [6.07, 6.45) is 1.55. The van der Waals surface area contributed by atoms with Crippen molar-refractivity contribution >= 4 is 5.91 Å². The Morgan fingerprint density at radius 1 is 1.35 bits per heavy atom. The molecule has 0 fully saturated rings. The fourth-order valence-corrected chi connectivity index (χ4v) is 1.70. The highest BCUT2D eigenvalue weighted by atomic mass is 16.5. The number of hydrogen-bond donors (Lipinski definition) is 2. The molecule has 4 nitrogen and oxygen atoms in total. The Labute approximate surface area is 105 Å². The molecule has 0 aliphatic rings. The molecule has 0 radical (unpaired) electrons. The minimum Gasteiger partial charge on any atom is -0.379 e. The van der Waals surface area contributed by atoms with Crippen LogP contribution in [-0.2, 0) is 9.53 Å². The summed E-state index contributed by atoms with van der Waals surface area (Å²) >= 11 is 0. The number of ether oxygens (including phenoxy) is 1. The van der Waals surface area contributed by atoms with Crippen molar-refractivity contribution in [2.45, 2.75) is 40.5 Å². The Morgan fingerprint density at radius 2 is 1.94 bits per heavy atom. The molecule has 0 atom stereocenters. The summed E-state index contributed by atoms with van der Waals surface area (Å²) in [5, 5.41) is 2.91. The van der Waals surface area contributed by atoms with Gasteiger partial charge in [0.05, 0.1) is 12.0 Å². The molecule has 0 saturated heterocycles. The maximum Gasteiger partial charge on any atom is 0.227 e. The highest BCUT2D eigenvalue weighted by molar-refractivity contribution is 5.82. The van der Waals surface area contributed by atoms with Gasteiger partial charge in [0.15, 0.2) is 0 Å². The van der Waals surface area contributed by atoms with Gasteiger partial charge in [-0.05, 0) is 18.8 Å². The highest BCUT2D eigenvalue weighted by Crippen LogP contribution is 2.24. The molecule has 0 aliphatic heterocycles. The van der Waals surface area contributed by atoms with Crippen molar-refractivity contribution in [2.24, 2.45) is 17.1 Å². The first-order chi connectivity index (χ1) is 8.02. The predicted molar refractivity (Wildman–Crippen MR) is 70.7 cm³/mol. The molecule has 0 aromatic rings. The average Bonchev–Trinajstić information content (AvgIpc) is 2.31. The molecular formula is C13H28N2O2. The SMILES string of the molecule is CCC(CC)(CN)C(=O)NCCOCC(C)C. The van der Waals surface area contributed by atoms with E-state index in [1.165, 1.54) is 0 Å². The molecule has 0 unspecified atom stereocenters. The van der Waals surface area contributed by atoms with Gasteiger partial charge in [0.25, 0.3) is 0 Å². The van der Waals surface area contributed by atoms with Crippen LogP contribution in [0.25, 0.3) is 0 Å². The lowest BCUT2D eigenvalue weighted by atomic mass is 9.81. The van der Waals surface area contributed by atoms with Crippen molar-refractivity contribution < 1.29 is 9.53 Å². The lowest BCUT2D eigenvalue weighted by molar-refractivity contribution is -0.131. The first kappa shape index (κ1) is 16.4. The van der Waals surface area contributed by atoms with Gasteiger partial charge in [0.1, 0.15) is 0 Å². The van der Waals surface area contributed by atoms with E-state index in [0.717, 1.165) is 19.4 Å². The zero-order valence-corrected chi connectivity index (χ0v) is 11.7. The maximum absolute atomic E-state index is 12.0. The van der Waals surface area contributed by atoms with Crippen LogP contribution >= 0.6 is 0 Å². The molecule has 0 rings (SSSR count). The number of nitrogens with one attached hydrogen (secondary N) is 1. The zero-order chi connectivity index (χ0) is 13.3. The van der Waals surface area contributed by atoms with Crippen molar-refractivity contribution in [1.82, 2.24) is 5.32 Å². The van der Waals surface area contributed by atoms with E-state index >= 15 is 0 Å². The molecule has 0 aromatic heterocycles. The van der Waals surface area contributed by atoms with Crippen molar-refractivity contribution in [3.05, 3.63) is 0 Å². The van der Waals surface area contributed by atoms with Crippen molar-refractivity contribution in [3.63, 3.8) is 0 Å². The molecular weight excluding hydrogens is 216 g/mol. The van der Waals surface area contributed by atoms with E-state index < -0.39 is 5.41 Å². The van der Waals surface area contributed by atoms with Crippen molar-refractivity contribution in [3.8, 4) is 0 Å². The Balaban J connectivity index is 3.91. The van der Waals surface area contributed by atoms with E-state index in [2.05, 4.69) is 19.2 Å². The van der Waals surface area contributed by atoms with Gasteiger partial charge >= 0.3 is 0 Å². The van der Waals surface area contributed by atoms with Crippen LogP contribution in [0, 0.1) is 11.3 Å². The van der Waals surface area contributed by atoms with E-state index in [0.29, 0.717) is 25.6 Å². The summed E-state index contributed by atoms with van der Waals surface area (Å²) in [5.41, 5.74) is 5.30. The summed E-state index contributed by atoms with van der Waals surface area (Å²) in [7, 11) is 0. The normalized spacial score (nSPS) is 11.9. The summed E-state index contributed by atoms with van der Waals surface area (Å²) < 4.78 is 5.41. The molecule has 1 amide bonds. The first-order valence-corrected chi connectivity index (χ1v) is 6.58. The van der Waals surface area contributed by atoms with Crippen LogP contribution in [0.1, 0.15) is 40.5 Å². The summed E-state index contributed by atoms with van der Waals surface area (Å²) in [5.74, 6) is 0.582. The number of amides is 1. The number of hydrogen-bond acceptors (Lipinski definition) is 3. The second kappa shape index (κ2) is 8.48. The summed E-state index contributed by atoms with van der Waals surface area (Å²) in [6, 6.07) is 0. The van der Waals surface area contributed by atoms with Crippen LogP contribution < -0.4 is 11.1 Å². The monoisotopic (exact) mass is 244 g/mol. The fourth-order valence-electron chi connectivity index (χ4n) is 1.70. The van der Waals surface area contributed by atoms with E-state index in [-0.39, 0.29) is 5.91 Å². The molecule has 17 heavy (non-hydrogen) atoms. The summed E-state index contributed by atoms with van der Waals surface area (Å²) in [6.45, 7) is 10.5. The van der Waals surface area contributed by atoms with Crippen molar-refractivity contribution in [1.29, 1.82) is 0 Å². The average molecular weight is 244 g/mol. The topological polar surface area (TPSA) is 64.4 Å². The molecule has 0 aromatic carbocycles. The number of rotatable bonds is 9. The molecule has 0 bridgehead atoms. The largest absolute Gasteiger partial charge is 0.379 e.